The quantitative estimate of drug-likeness (QED) is 0.423. The van der Waals surface area contributed by atoms with E-state index in [1.165, 1.54) is 0 Å². The van der Waals surface area contributed by atoms with Gasteiger partial charge in [0.25, 0.3) is 0 Å². The third kappa shape index (κ3) is 7.47. The van der Waals surface area contributed by atoms with Gasteiger partial charge in [-0.3, -0.25) is 4.79 Å². The summed E-state index contributed by atoms with van der Waals surface area (Å²) in [6, 6.07) is 7.55. The minimum atomic E-state index is -0.193. The summed E-state index contributed by atoms with van der Waals surface area (Å²) in [7, 11) is 0. The van der Waals surface area contributed by atoms with Gasteiger partial charge in [0.15, 0.2) is 0 Å². The summed E-state index contributed by atoms with van der Waals surface area (Å²) in [5.41, 5.74) is 7.44. The SMILES string of the molecule is CCCCOCCOC(=O)CCc1cccc(N)c1. The van der Waals surface area contributed by atoms with Gasteiger partial charge in [0.1, 0.15) is 6.61 Å². The number of hydrogen-bond donors (Lipinski definition) is 1. The van der Waals surface area contributed by atoms with Crippen LogP contribution in [-0.2, 0) is 20.7 Å². The Bertz CT molecular complexity index is 379. The van der Waals surface area contributed by atoms with Crippen LogP contribution in [0.3, 0.4) is 0 Å². The van der Waals surface area contributed by atoms with Crippen molar-refractivity contribution in [1.29, 1.82) is 0 Å². The first-order chi connectivity index (χ1) is 9.22. The number of esters is 1. The number of rotatable bonds is 9. The number of carbonyl (C=O) groups is 1. The Morgan fingerprint density at radius 2 is 2.11 bits per heavy atom. The molecule has 106 valence electrons. The van der Waals surface area contributed by atoms with Crippen molar-refractivity contribution in [3.63, 3.8) is 0 Å². The molecule has 0 saturated heterocycles. The summed E-state index contributed by atoms with van der Waals surface area (Å²) in [6.07, 6.45) is 3.18. The summed E-state index contributed by atoms with van der Waals surface area (Å²) in [5, 5.41) is 0. The van der Waals surface area contributed by atoms with Crippen molar-refractivity contribution in [2.24, 2.45) is 0 Å². The predicted octanol–water partition coefficient (Wildman–Crippen LogP) is 2.56. The van der Waals surface area contributed by atoms with Crippen molar-refractivity contribution in [2.45, 2.75) is 32.6 Å². The third-order valence-electron chi connectivity index (χ3n) is 2.70. The summed E-state index contributed by atoms with van der Waals surface area (Å²) < 4.78 is 10.4. The van der Waals surface area contributed by atoms with Crippen LogP contribution in [0, 0.1) is 0 Å². The summed E-state index contributed by atoms with van der Waals surface area (Å²) in [6.45, 7) is 3.65. The lowest BCUT2D eigenvalue weighted by molar-refractivity contribution is -0.145. The van der Waals surface area contributed by atoms with Gasteiger partial charge in [-0.1, -0.05) is 25.5 Å². The van der Waals surface area contributed by atoms with Crippen LogP contribution < -0.4 is 5.73 Å². The summed E-state index contributed by atoms with van der Waals surface area (Å²) in [4.78, 5) is 11.5. The maximum Gasteiger partial charge on any atom is 0.306 e. The van der Waals surface area contributed by atoms with Gasteiger partial charge < -0.3 is 15.2 Å². The molecule has 0 aliphatic heterocycles. The molecular formula is C15H23NO3. The van der Waals surface area contributed by atoms with Gasteiger partial charge in [-0.25, -0.2) is 0 Å². The van der Waals surface area contributed by atoms with Crippen LogP contribution in [0.4, 0.5) is 5.69 Å². The van der Waals surface area contributed by atoms with E-state index in [9.17, 15) is 4.79 Å². The molecule has 0 heterocycles. The van der Waals surface area contributed by atoms with Crippen molar-refractivity contribution in [3.8, 4) is 0 Å². The monoisotopic (exact) mass is 265 g/mol. The van der Waals surface area contributed by atoms with Gasteiger partial charge >= 0.3 is 5.97 Å². The van der Waals surface area contributed by atoms with Gasteiger partial charge in [-0.2, -0.15) is 0 Å². The normalized spacial score (nSPS) is 10.4. The van der Waals surface area contributed by atoms with Crippen LogP contribution in [0.15, 0.2) is 24.3 Å². The van der Waals surface area contributed by atoms with E-state index in [1.807, 2.05) is 24.3 Å². The molecular weight excluding hydrogens is 242 g/mol. The first kappa shape index (κ1) is 15.5. The smallest absolute Gasteiger partial charge is 0.306 e. The highest BCUT2D eigenvalue weighted by atomic mass is 16.6. The number of ether oxygens (including phenoxy) is 2. The number of anilines is 1. The molecule has 0 fully saturated rings. The number of nitrogen functional groups attached to an aromatic ring is 1. The molecule has 19 heavy (non-hydrogen) atoms. The molecule has 1 aromatic rings. The lowest BCUT2D eigenvalue weighted by Gasteiger charge is -2.06. The highest BCUT2D eigenvalue weighted by molar-refractivity contribution is 5.69. The average molecular weight is 265 g/mol. The number of carbonyl (C=O) groups excluding carboxylic acids is 1. The van der Waals surface area contributed by atoms with Crippen LogP contribution in [0.1, 0.15) is 31.7 Å². The Kier molecular flexibility index (Phi) is 7.66. The predicted molar refractivity (Wildman–Crippen MR) is 75.9 cm³/mol. The molecule has 1 rings (SSSR count). The highest BCUT2D eigenvalue weighted by Crippen LogP contribution is 2.09. The fourth-order valence-electron chi connectivity index (χ4n) is 1.63. The maximum absolute atomic E-state index is 11.5. The van der Waals surface area contributed by atoms with Crippen LogP contribution >= 0.6 is 0 Å². The Morgan fingerprint density at radius 1 is 1.26 bits per heavy atom. The molecule has 4 heteroatoms. The van der Waals surface area contributed by atoms with E-state index in [2.05, 4.69) is 6.92 Å². The van der Waals surface area contributed by atoms with E-state index in [0.717, 1.165) is 30.7 Å². The van der Waals surface area contributed by atoms with E-state index in [0.29, 0.717) is 26.1 Å². The van der Waals surface area contributed by atoms with Crippen molar-refractivity contribution >= 4 is 11.7 Å². The van der Waals surface area contributed by atoms with Crippen molar-refractivity contribution in [1.82, 2.24) is 0 Å². The van der Waals surface area contributed by atoms with Crippen molar-refractivity contribution in [3.05, 3.63) is 29.8 Å². The van der Waals surface area contributed by atoms with E-state index in [4.69, 9.17) is 15.2 Å². The highest BCUT2D eigenvalue weighted by Gasteiger charge is 2.03. The molecule has 0 aliphatic rings. The number of hydrogen-bond acceptors (Lipinski definition) is 4. The number of unbranched alkanes of at least 4 members (excludes halogenated alkanes) is 1. The average Bonchev–Trinajstić information content (AvgIpc) is 2.40. The molecule has 0 aliphatic carbocycles. The van der Waals surface area contributed by atoms with E-state index in [-0.39, 0.29) is 5.97 Å². The summed E-state index contributed by atoms with van der Waals surface area (Å²) >= 11 is 0. The summed E-state index contributed by atoms with van der Waals surface area (Å²) in [5.74, 6) is -0.193. The Labute approximate surface area is 114 Å². The molecule has 1 aromatic carbocycles. The molecule has 0 bridgehead atoms. The zero-order valence-corrected chi connectivity index (χ0v) is 11.6. The third-order valence-corrected chi connectivity index (χ3v) is 2.70. The van der Waals surface area contributed by atoms with Crippen LogP contribution in [0.5, 0.6) is 0 Å². The molecule has 0 amide bonds. The van der Waals surface area contributed by atoms with E-state index in [1.54, 1.807) is 0 Å². The van der Waals surface area contributed by atoms with Gasteiger partial charge in [0.05, 0.1) is 6.61 Å². The van der Waals surface area contributed by atoms with E-state index < -0.39 is 0 Å². The molecule has 2 N–H and O–H groups in total. The second-order valence-corrected chi connectivity index (χ2v) is 4.43. The first-order valence-electron chi connectivity index (χ1n) is 6.80. The number of aryl methyl sites for hydroxylation is 1. The zero-order chi connectivity index (χ0) is 13.9. The molecule has 0 unspecified atom stereocenters. The van der Waals surface area contributed by atoms with Gasteiger partial charge in [0, 0.05) is 18.7 Å². The van der Waals surface area contributed by atoms with Crippen LogP contribution in [0.25, 0.3) is 0 Å². The lowest BCUT2D eigenvalue weighted by atomic mass is 10.1. The maximum atomic E-state index is 11.5. The Hall–Kier alpha value is -1.55. The van der Waals surface area contributed by atoms with Gasteiger partial charge in [0.2, 0.25) is 0 Å². The Balaban J connectivity index is 2.08. The number of nitrogens with two attached hydrogens (primary N) is 1. The van der Waals surface area contributed by atoms with Gasteiger partial charge in [-0.15, -0.1) is 0 Å². The Morgan fingerprint density at radius 3 is 2.84 bits per heavy atom. The second kappa shape index (κ2) is 9.39. The molecule has 0 atom stereocenters. The standard InChI is InChI=1S/C15H23NO3/c1-2-3-9-18-10-11-19-15(17)8-7-13-5-4-6-14(16)12-13/h4-6,12H,2-3,7-11,16H2,1H3. The largest absolute Gasteiger partial charge is 0.463 e. The zero-order valence-electron chi connectivity index (χ0n) is 11.6. The van der Waals surface area contributed by atoms with Crippen LogP contribution in [0.2, 0.25) is 0 Å². The molecule has 0 radical (unpaired) electrons. The minimum Gasteiger partial charge on any atom is -0.463 e. The lowest BCUT2D eigenvalue weighted by Crippen LogP contribution is -2.11. The molecule has 0 spiro atoms. The topological polar surface area (TPSA) is 61.5 Å². The van der Waals surface area contributed by atoms with Gasteiger partial charge in [-0.05, 0) is 30.5 Å². The van der Waals surface area contributed by atoms with Crippen molar-refractivity contribution in [2.75, 3.05) is 25.6 Å². The number of benzene rings is 1. The van der Waals surface area contributed by atoms with Crippen molar-refractivity contribution < 1.29 is 14.3 Å². The minimum absolute atomic E-state index is 0.193. The first-order valence-corrected chi connectivity index (χ1v) is 6.80. The second-order valence-electron chi connectivity index (χ2n) is 4.43. The molecule has 0 saturated carbocycles. The molecule has 0 aromatic heterocycles. The fourth-order valence-corrected chi connectivity index (χ4v) is 1.63. The molecule has 4 nitrogen and oxygen atoms in total. The van der Waals surface area contributed by atoms with Crippen LogP contribution in [-0.4, -0.2) is 25.8 Å². The van der Waals surface area contributed by atoms with E-state index >= 15 is 0 Å². The fraction of sp³-hybridized carbons (Fsp3) is 0.533.